The second kappa shape index (κ2) is 11.0. The van der Waals surface area contributed by atoms with E-state index in [9.17, 15) is 9.59 Å². The maximum absolute atomic E-state index is 15.8. The Balaban J connectivity index is 1.59. The zero-order valence-electron chi connectivity index (χ0n) is 22.5. The van der Waals surface area contributed by atoms with E-state index in [4.69, 9.17) is 27.9 Å². The van der Waals surface area contributed by atoms with Crippen LogP contribution in [-0.4, -0.2) is 68.2 Å². The molecule has 4 atom stereocenters. The minimum atomic E-state index is -1.26. The molecular formula is C29H35Cl2FN4O3. The number of nitrogens with zero attached hydrogens (tertiary/aromatic N) is 1. The second-order valence-electron chi connectivity index (χ2n) is 11.8. The molecule has 3 heterocycles. The molecule has 210 valence electrons. The summed E-state index contributed by atoms with van der Waals surface area (Å²) in [4.78, 5) is 30.2. The van der Waals surface area contributed by atoms with Gasteiger partial charge in [-0.3, -0.25) is 14.5 Å². The zero-order valence-corrected chi connectivity index (χ0v) is 24.0. The monoisotopic (exact) mass is 576 g/mol. The minimum Gasteiger partial charge on any atom is -0.379 e. The Labute approximate surface area is 238 Å². The van der Waals surface area contributed by atoms with E-state index in [-0.39, 0.29) is 27.8 Å². The van der Waals surface area contributed by atoms with Gasteiger partial charge in [0, 0.05) is 48.8 Å². The Bertz CT molecular complexity index is 1260. The number of carbonyl (C=O) groups excluding carboxylic acids is 2. The number of nitrogens with one attached hydrogen (secondary N) is 3. The van der Waals surface area contributed by atoms with Gasteiger partial charge in [0.2, 0.25) is 11.8 Å². The van der Waals surface area contributed by atoms with Gasteiger partial charge in [0.1, 0.15) is 11.2 Å². The number of hydrogen-bond donors (Lipinski definition) is 3. The average Bonchev–Trinajstić information content (AvgIpc) is 3.35. The van der Waals surface area contributed by atoms with Crippen LogP contribution in [0, 0.1) is 11.2 Å². The van der Waals surface area contributed by atoms with Crippen LogP contribution in [0.5, 0.6) is 0 Å². The predicted octanol–water partition coefficient (Wildman–Crippen LogP) is 4.33. The summed E-state index contributed by atoms with van der Waals surface area (Å²) in [6, 6.07) is 8.69. The Morgan fingerprint density at radius 3 is 2.67 bits per heavy atom. The van der Waals surface area contributed by atoms with Gasteiger partial charge in [-0.15, -0.1) is 0 Å². The number of fused-ring (bicyclic) bond motifs is 2. The van der Waals surface area contributed by atoms with Gasteiger partial charge in [0.25, 0.3) is 0 Å². The lowest BCUT2D eigenvalue weighted by molar-refractivity contribution is -0.124. The van der Waals surface area contributed by atoms with E-state index in [0.29, 0.717) is 49.0 Å². The Morgan fingerprint density at radius 2 is 1.95 bits per heavy atom. The van der Waals surface area contributed by atoms with Gasteiger partial charge in [-0.05, 0) is 41.2 Å². The van der Waals surface area contributed by atoms with Crippen LogP contribution < -0.4 is 16.0 Å². The van der Waals surface area contributed by atoms with Crippen molar-refractivity contribution in [3.8, 4) is 0 Å². The molecule has 3 aliphatic rings. The molecular weight excluding hydrogens is 542 g/mol. The zero-order chi connectivity index (χ0) is 27.9. The van der Waals surface area contributed by atoms with Crippen molar-refractivity contribution < 1.29 is 18.7 Å². The average molecular weight is 578 g/mol. The van der Waals surface area contributed by atoms with Crippen molar-refractivity contribution in [2.75, 3.05) is 44.7 Å². The molecule has 39 heavy (non-hydrogen) atoms. The molecule has 3 aliphatic heterocycles. The highest BCUT2D eigenvalue weighted by molar-refractivity contribution is 6.31. The van der Waals surface area contributed by atoms with Gasteiger partial charge in [0.15, 0.2) is 0 Å². The number of rotatable bonds is 6. The van der Waals surface area contributed by atoms with Crippen LogP contribution in [0.1, 0.15) is 44.2 Å². The molecule has 1 spiro atoms. The molecule has 2 amide bonds. The highest BCUT2D eigenvalue weighted by atomic mass is 35.5. The quantitative estimate of drug-likeness (QED) is 0.477. The molecule has 0 aromatic heterocycles. The molecule has 2 saturated heterocycles. The van der Waals surface area contributed by atoms with Crippen molar-refractivity contribution in [2.45, 2.75) is 50.6 Å². The Kier molecular flexibility index (Phi) is 7.97. The van der Waals surface area contributed by atoms with Crippen LogP contribution in [0.25, 0.3) is 0 Å². The molecule has 5 rings (SSSR count). The summed E-state index contributed by atoms with van der Waals surface area (Å²) in [5.41, 5.74) is 0.0582. The summed E-state index contributed by atoms with van der Waals surface area (Å²) in [7, 11) is 0. The predicted molar refractivity (Wildman–Crippen MR) is 151 cm³/mol. The summed E-state index contributed by atoms with van der Waals surface area (Å²) in [5.74, 6) is -2.04. The number of amides is 2. The lowest BCUT2D eigenvalue weighted by Crippen LogP contribution is -2.49. The third-order valence-electron chi connectivity index (χ3n) is 8.05. The molecule has 10 heteroatoms. The lowest BCUT2D eigenvalue weighted by Gasteiger charge is -2.37. The van der Waals surface area contributed by atoms with Crippen LogP contribution in [0.15, 0.2) is 36.4 Å². The number of anilines is 1. The third-order valence-corrected chi connectivity index (χ3v) is 8.58. The van der Waals surface area contributed by atoms with Crippen LogP contribution in [0.4, 0.5) is 10.1 Å². The first-order valence-electron chi connectivity index (χ1n) is 13.4. The Morgan fingerprint density at radius 1 is 1.21 bits per heavy atom. The molecule has 0 unspecified atom stereocenters. The third kappa shape index (κ3) is 5.30. The fourth-order valence-electron chi connectivity index (χ4n) is 6.42. The minimum absolute atomic E-state index is 0.0527. The van der Waals surface area contributed by atoms with E-state index < -0.39 is 29.2 Å². The van der Waals surface area contributed by atoms with Gasteiger partial charge in [-0.2, -0.15) is 0 Å². The van der Waals surface area contributed by atoms with Crippen LogP contribution >= 0.6 is 23.2 Å². The fraction of sp³-hybridized carbons (Fsp3) is 0.517. The molecule has 3 N–H and O–H groups in total. The van der Waals surface area contributed by atoms with E-state index >= 15 is 4.39 Å². The fourth-order valence-corrected chi connectivity index (χ4v) is 6.78. The standard InChI is InChI=1S/C29H35Cl2FN4O3/c1-28(2,3)16-22-29(19-8-7-17(30)15-21(19)34-27(29)38)23(18-5-4-6-20(31)24(18)32)25(35-22)26(37)33-9-10-36-11-13-39-14-12-36/h4-8,15,22-23,25,35H,9-14,16H2,1-3H3,(H,33,37)(H,34,38)/t22-,23-,25-,29-/m1/s1. The van der Waals surface area contributed by atoms with Crippen molar-refractivity contribution in [1.82, 2.24) is 15.5 Å². The van der Waals surface area contributed by atoms with E-state index in [0.717, 1.165) is 13.1 Å². The van der Waals surface area contributed by atoms with Crippen LogP contribution in [0.3, 0.4) is 0 Å². The highest BCUT2D eigenvalue weighted by Gasteiger charge is 2.66. The second-order valence-corrected chi connectivity index (χ2v) is 12.7. The van der Waals surface area contributed by atoms with E-state index in [1.165, 1.54) is 6.07 Å². The van der Waals surface area contributed by atoms with Crippen LogP contribution in [-0.2, 0) is 19.7 Å². The molecule has 0 bridgehead atoms. The molecule has 2 aromatic rings. The summed E-state index contributed by atoms with van der Waals surface area (Å²) in [6.45, 7) is 10.3. The lowest BCUT2D eigenvalue weighted by atomic mass is 9.62. The normalized spacial score (nSPS) is 27.0. The van der Waals surface area contributed by atoms with E-state index in [1.54, 1.807) is 24.3 Å². The molecule has 2 aromatic carbocycles. The maximum atomic E-state index is 15.8. The van der Waals surface area contributed by atoms with Crippen molar-refractivity contribution in [3.05, 3.63) is 63.4 Å². The maximum Gasteiger partial charge on any atom is 0.237 e. The SMILES string of the molecule is CC(C)(C)C[C@H]1N[C@@H](C(=O)NCCN2CCOCC2)[C@@H](c2cccc(Cl)c2F)[C@]12C(=O)Nc1cc(Cl)ccc12. The van der Waals surface area contributed by atoms with E-state index in [1.807, 2.05) is 6.07 Å². The number of ether oxygens (including phenoxy) is 1. The summed E-state index contributed by atoms with van der Waals surface area (Å²) in [5, 5.41) is 9.98. The van der Waals surface area contributed by atoms with Crippen molar-refractivity contribution >= 4 is 40.7 Å². The highest BCUT2D eigenvalue weighted by Crippen LogP contribution is 2.57. The topological polar surface area (TPSA) is 82.7 Å². The number of benzene rings is 2. The number of halogens is 3. The molecule has 0 aliphatic carbocycles. The molecule has 0 saturated carbocycles. The van der Waals surface area contributed by atoms with Gasteiger partial charge in [0.05, 0.1) is 24.3 Å². The Hall–Kier alpha value is -2.23. The first-order valence-corrected chi connectivity index (χ1v) is 14.2. The summed E-state index contributed by atoms with van der Waals surface area (Å²) >= 11 is 12.5. The number of carbonyl (C=O) groups is 2. The first-order chi connectivity index (χ1) is 18.5. The molecule has 7 nitrogen and oxygen atoms in total. The first kappa shape index (κ1) is 28.3. The van der Waals surface area contributed by atoms with Crippen molar-refractivity contribution in [2.24, 2.45) is 5.41 Å². The smallest absolute Gasteiger partial charge is 0.237 e. The van der Waals surface area contributed by atoms with E-state index in [2.05, 4.69) is 41.6 Å². The van der Waals surface area contributed by atoms with Crippen LogP contribution in [0.2, 0.25) is 10.0 Å². The summed E-state index contributed by atoms with van der Waals surface area (Å²) in [6.07, 6.45) is 0.568. The molecule has 2 fully saturated rings. The van der Waals surface area contributed by atoms with Gasteiger partial charge >= 0.3 is 0 Å². The van der Waals surface area contributed by atoms with Crippen molar-refractivity contribution in [1.29, 1.82) is 0 Å². The number of morpholine rings is 1. The van der Waals surface area contributed by atoms with Gasteiger partial charge in [-0.25, -0.2) is 4.39 Å². The number of hydrogen-bond acceptors (Lipinski definition) is 5. The largest absolute Gasteiger partial charge is 0.379 e. The van der Waals surface area contributed by atoms with Crippen molar-refractivity contribution in [3.63, 3.8) is 0 Å². The summed E-state index contributed by atoms with van der Waals surface area (Å²) < 4.78 is 21.2. The van der Waals surface area contributed by atoms with Gasteiger partial charge in [-0.1, -0.05) is 62.2 Å². The van der Waals surface area contributed by atoms with Gasteiger partial charge < -0.3 is 20.7 Å². The molecule has 0 radical (unpaired) electrons.